The minimum absolute atomic E-state index is 0.240. The quantitative estimate of drug-likeness (QED) is 0.496. The number of likely N-dealkylation sites (N-methyl/N-ethyl adjacent to an activating group) is 1. The van der Waals surface area contributed by atoms with Gasteiger partial charge in [0.1, 0.15) is 12.9 Å². The van der Waals surface area contributed by atoms with Crippen molar-refractivity contribution in [2.45, 2.75) is 18.9 Å². The molecule has 0 aromatic rings. The number of aliphatic hydroxyl groups excluding tert-OH is 1. The first-order valence-electron chi connectivity index (χ1n) is 4.51. The average Bonchev–Trinajstić information content (AvgIpc) is 2.56. The number of ether oxygens (including phenoxy) is 1. The topological polar surface area (TPSA) is 49.8 Å². The third-order valence-corrected chi connectivity index (χ3v) is 2.17. The number of hydrogen-bond acceptors (Lipinski definition) is 4. The predicted octanol–water partition coefficient (Wildman–Crippen LogP) is -0.0954. The molecule has 1 unspecified atom stereocenters. The minimum atomic E-state index is 0.240. The molecule has 0 radical (unpaired) electrons. The van der Waals surface area contributed by atoms with Crippen molar-refractivity contribution < 1.29 is 14.6 Å². The molecular formula is C9H19NO3. The predicted molar refractivity (Wildman–Crippen MR) is 50.7 cm³/mol. The summed E-state index contributed by atoms with van der Waals surface area (Å²) >= 11 is 0. The van der Waals surface area contributed by atoms with Crippen LogP contribution in [0.2, 0.25) is 0 Å². The maximum Gasteiger partial charge on any atom is 0.145 e. The molecule has 1 saturated heterocycles. The Morgan fingerprint density at radius 1 is 1.62 bits per heavy atom. The molecule has 0 amide bonds. The summed E-state index contributed by atoms with van der Waals surface area (Å²) in [4.78, 5) is 12.2. The van der Waals surface area contributed by atoms with Crippen molar-refractivity contribution in [1.82, 2.24) is 4.90 Å². The lowest BCUT2D eigenvalue weighted by molar-refractivity contribution is -0.112. The van der Waals surface area contributed by atoms with Crippen LogP contribution in [0, 0.1) is 0 Å². The van der Waals surface area contributed by atoms with Gasteiger partial charge >= 0.3 is 0 Å². The van der Waals surface area contributed by atoms with E-state index in [1.807, 2.05) is 0 Å². The van der Waals surface area contributed by atoms with Gasteiger partial charge in [-0.15, -0.1) is 0 Å². The highest BCUT2D eigenvalue weighted by molar-refractivity contribution is 5.50. The SMILES string of the molecule is CN1CCCC1COCC=O.CO. The molecule has 1 rings (SSSR count). The Labute approximate surface area is 79.5 Å². The molecule has 78 valence electrons. The van der Waals surface area contributed by atoms with Gasteiger partial charge in [-0.2, -0.15) is 0 Å². The molecule has 1 atom stereocenters. The first kappa shape index (κ1) is 12.6. The number of nitrogens with zero attached hydrogens (tertiary/aromatic N) is 1. The van der Waals surface area contributed by atoms with Crippen molar-refractivity contribution in [2.75, 3.05) is 33.9 Å². The zero-order chi connectivity index (χ0) is 10.1. The van der Waals surface area contributed by atoms with Gasteiger partial charge in [0.05, 0.1) is 6.61 Å². The summed E-state index contributed by atoms with van der Waals surface area (Å²) in [6, 6.07) is 0.537. The van der Waals surface area contributed by atoms with Crippen LogP contribution in [-0.2, 0) is 9.53 Å². The van der Waals surface area contributed by atoms with Crippen molar-refractivity contribution in [1.29, 1.82) is 0 Å². The highest BCUT2D eigenvalue weighted by Gasteiger charge is 2.20. The van der Waals surface area contributed by atoms with Crippen LogP contribution < -0.4 is 0 Å². The zero-order valence-corrected chi connectivity index (χ0v) is 8.40. The molecule has 0 bridgehead atoms. The fraction of sp³-hybridized carbons (Fsp3) is 0.889. The van der Waals surface area contributed by atoms with Crippen molar-refractivity contribution in [2.24, 2.45) is 0 Å². The highest BCUT2D eigenvalue weighted by atomic mass is 16.5. The Balaban J connectivity index is 0.000000671. The van der Waals surface area contributed by atoms with Crippen LogP contribution >= 0.6 is 0 Å². The van der Waals surface area contributed by atoms with E-state index in [1.165, 1.54) is 12.8 Å². The maximum absolute atomic E-state index is 9.92. The lowest BCUT2D eigenvalue weighted by Crippen LogP contribution is -2.29. The summed E-state index contributed by atoms with van der Waals surface area (Å²) in [5.41, 5.74) is 0. The van der Waals surface area contributed by atoms with Gasteiger partial charge in [0.2, 0.25) is 0 Å². The minimum Gasteiger partial charge on any atom is -0.400 e. The molecule has 4 heteroatoms. The lowest BCUT2D eigenvalue weighted by Gasteiger charge is -2.18. The van der Waals surface area contributed by atoms with E-state index in [0.29, 0.717) is 12.6 Å². The molecular weight excluding hydrogens is 170 g/mol. The van der Waals surface area contributed by atoms with Crippen LogP contribution in [0.4, 0.5) is 0 Å². The van der Waals surface area contributed by atoms with Crippen LogP contribution in [0.25, 0.3) is 0 Å². The lowest BCUT2D eigenvalue weighted by atomic mass is 10.2. The largest absolute Gasteiger partial charge is 0.400 e. The molecule has 0 aromatic heterocycles. The van der Waals surface area contributed by atoms with Gasteiger partial charge in [-0.25, -0.2) is 0 Å². The van der Waals surface area contributed by atoms with Crippen LogP contribution in [0.15, 0.2) is 0 Å². The van der Waals surface area contributed by atoms with Gasteiger partial charge in [0.15, 0.2) is 0 Å². The van der Waals surface area contributed by atoms with E-state index in [0.717, 1.165) is 19.9 Å². The van der Waals surface area contributed by atoms with Crippen LogP contribution in [0.5, 0.6) is 0 Å². The first-order chi connectivity index (χ1) is 6.34. The summed E-state index contributed by atoms with van der Waals surface area (Å²) in [6.45, 7) is 2.11. The summed E-state index contributed by atoms with van der Waals surface area (Å²) in [5, 5.41) is 7.00. The van der Waals surface area contributed by atoms with Crippen LogP contribution in [-0.4, -0.2) is 56.3 Å². The normalized spacial score (nSPS) is 22.2. The van der Waals surface area contributed by atoms with Crippen molar-refractivity contribution in [3.8, 4) is 0 Å². The number of carbonyl (C=O) groups is 1. The molecule has 1 heterocycles. The van der Waals surface area contributed by atoms with E-state index in [2.05, 4.69) is 11.9 Å². The molecule has 0 aromatic carbocycles. The Bertz CT molecular complexity index is 130. The molecule has 4 nitrogen and oxygen atoms in total. The fourth-order valence-electron chi connectivity index (χ4n) is 1.44. The summed E-state index contributed by atoms with van der Waals surface area (Å²) < 4.78 is 5.13. The third-order valence-electron chi connectivity index (χ3n) is 2.17. The molecule has 0 saturated carbocycles. The van der Waals surface area contributed by atoms with Crippen molar-refractivity contribution >= 4 is 6.29 Å². The zero-order valence-electron chi connectivity index (χ0n) is 8.40. The number of rotatable bonds is 4. The molecule has 1 N–H and O–H groups in total. The monoisotopic (exact) mass is 189 g/mol. The molecule has 0 aliphatic carbocycles. The second kappa shape index (κ2) is 8.16. The Morgan fingerprint density at radius 3 is 2.77 bits per heavy atom. The molecule has 13 heavy (non-hydrogen) atoms. The number of aldehydes is 1. The summed E-state index contributed by atoms with van der Waals surface area (Å²) in [7, 11) is 3.10. The Kier molecular flexibility index (Phi) is 7.88. The number of carbonyl (C=O) groups excluding carboxylic acids is 1. The fourth-order valence-corrected chi connectivity index (χ4v) is 1.44. The second-order valence-electron chi connectivity index (χ2n) is 2.98. The number of aliphatic hydroxyl groups is 1. The number of likely N-dealkylation sites (tertiary alicyclic amines) is 1. The third kappa shape index (κ3) is 4.98. The maximum atomic E-state index is 9.92. The van der Waals surface area contributed by atoms with Gasteiger partial charge in [0, 0.05) is 13.2 Å². The molecule has 0 spiro atoms. The number of hydrogen-bond donors (Lipinski definition) is 1. The molecule has 1 fully saturated rings. The van der Waals surface area contributed by atoms with E-state index in [-0.39, 0.29) is 6.61 Å². The average molecular weight is 189 g/mol. The van der Waals surface area contributed by atoms with Crippen molar-refractivity contribution in [3.63, 3.8) is 0 Å². The van der Waals surface area contributed by atoms with E-state index in [4.69, 9.17) is 9.84 Å². The van der Waals surface area contributed by atoms with Gasteiger partial charge in [-0.05, 0) is 26.4 Å². The van der Waals surface area contributed by atoms with Gasteiger partial charge < -0.3 is 19.5 Å². The van der Waals surface area contributed by atoms with Gasteiger partial charge in [-0.3, -0.25) is 0 Å². The van der Waals surface area contributed by atoms with Crippen molar-refractivity contribution in [3.05, 3.63) is 0 Å². The molecule has 1 aliphatic rings. The first-order valence-corrected chi connectivity index (χ1v) is 4.51. The standard InChI is InChI=1S/C8H15NO2.CH4O/c1-9-4-2-3-8(9)7-11-6-5-10;1-2/h5,8H,2-4,6-7H2,1H3;2H,1H3. The van der Waals surface area contributed by atoms with E-state index in [1.54, 1.807) is 0 Å². The summed E-state index contributed by atoms with van der Waals surface area (Å²) in [6.07, 6.45) is 3.26. The van der Waals surface area contributed by atoms with Gasteiger partial charge in [-0.1, -0.05) is 0 Å². The Morgan fingerprint density at radius 2 is 2.31 bits per heavy atom. The Hall–Kier alpha value is -0.450. The highest BCUT2D eigenvalue weighted by Crippen LogP contribution is 2.14. The van der Waals surface area contributed by atoms with Crippen LogP contribution in [0.3, 0.4) is 0 Å². The van der Waals surface area contributed by atoms with Crippen LogP contribution in [0.1, 0.15) is 12.8 Å². The van der Waals surface area contributed by atoms with Gasteiger partial charge in [0.25, 0.3) is 0 Å². The molecule has 1 aliphatic heterocycles. The summed E-state index contributed by atoms with van der Waals surface area (Å²) in [5.74, 6) is 0. The van der Waals surface area contributed by atoms with E-state index < -0.39 is 0 Å². The van der Waals surface area contributed by atoms with E-state index in [9.17, 15) is 4.79 Å². The smallest absolute Gasteiger partial charge is 0.145 e. The second-order valence-corrected chi connectivity index (χ2v) is 2.98. The van der Waals surface area contributed by atoms with E-state index >= 15 is 0 Å².